The molecule has 29 heavy (non-hydrogen) atoms. The maximum Gasteiger partial charge on any atom is 0.323 e. The highest BCUT2D eigenvalue weighted by atomic mass is 35.5. The van der Waals surface area contributed by atoms with Gasteiger partial charge in [0, 0.05) is 21.4 Å². The molecule has 0 saturated carbocycles. The largest absolute Gasteiger partial charge is 0.323 e. The van der Waals surface area contributed by atoms with Crippen LogP contribution in [-0.2, 0) is 10.0 Å². The van der Waals surface area contributed by atoms with E-state index in [0.717, 1.165) is 0 Å². The van der Waals surface area contributed by atoms with Gasteiger partial charge in [-0.05, 0) is 73.2 Å². The Bertz CT molecular complexity index is 1150. The number of amides is 2. The Kier molecular flexibility index (Phi) is 6.32. The summed E-state index contributed by atoms with van der Waals surface area (Å²) in [7, 11) is -3.78. The summed E-state index contributed by atoms with van der Waals surface area (Å²) in [4.78, 5) is 12.1. The first-order valence-electron chi connectivity index (χ1n) is 8.45. The van der Waals surface area contributed by atoms with Crippen LogP contribution in [0.1, 0.15) is 5.56 Å². The van der Waals surface area contributed by atoms with Crippen LogP contribution in [0.25, 0.3) is 0 Å². The summed E-state index contributed by atoms with van der Waals surface area (Å²) in [5.41, 5.74) is 2.12. The molecule has 150 valence electrons. The molecule has 3 aromatic carbocycles. The molecule has 9 heteroatoms. The number of aryl methyl sites for hydroxylation is 1. The van der Waals surface area contributed by atoms with Crippen LogP contribution in [0, 0.1) is 6.92 Å². The zero-order valence-electron chi connectivity index (χ0n) is 15.2. The van der Waals surface area contributed by atoms with E-state index >= 15 is 0 Å². The summed E-state index contributed by atoms with van der Waals surface area (Å²) in [6, 6.07) is 16.9. The van der Waals surface area contributed by atoms with E-state index in [4.69, 9.17) is 23.2 Å². The molecule has 0 aliphatic carbocycles. The van der Waals surface area contributed by atoms with Gasteiger partial charge >= 0.3 is 6.03 Å². The van der Waals surface area contributed by atoms with Crippen LogP contribution in [0.3, 0.4) is 0 Å². The summed E-state index contributed by atoms with van der Waals surface area (Å²) in [6.45, 7) is 1.76. The quantitative estimate of drug-likeness (QED) is 0.463. The third-order valence-corrected chi connectivity index (χ3v) is 5.79. The van der Waals surface area contributed by atoms with Crippen LogP contribution in [0.15, 0.2) is 71.6 Å². The van der Waals surface area contributed by atoms with E-state index in [1.165, 1.54) is 24.3 Å². The van der Waals surface area contributed by atoms with Gasteiger partial charge in [-0.3, -0.25) is 4.72 Å². The number of hydrogen-bond acceptors (Lipinski definition) is 3. The number of urea groups is 1. The van der Waals surface area contributed by atoms with E-state index < -0.39 is 16.1 Å². The molecule has 0 spiro atoms. The van der Waals surface area contributed by atoms with Gasteiger partial charge in [-0.15, -0.1) is 0 Å². The van der Waals surface area contributed by atoms with Crippen LogP contribution >= 0.6 is 23.2 Å². The fraction of sp³-hybridized carbons (Fsp3) is 0.0500. The Morgan fingerprint density at radius 3 is 2.14 bits per heavy atom. The highest BCUT2D eigenvalue weighted by Gasteiger charge is 2.15. The smallest absolute Gasteiger partial charge is 0.308 e. The van der Waals surface area contributed by atoms with Crippen LogP contribution in [-0.4, -0.2) is 14.4 Å². The van der Waals surface area contributed by atoms with Gasteiger partial charge in [0.05, 0.1) is 10.6 Å². The minimum Gasteiger partial charge on any atom is -0.308 e. The molecule has 3 N–H and O–H groups in total. The summed E-state index contributed by atoms with van der Waals surface area (Å²) in [6.07, 6.45) is 0. The van der Waals surface area contributed by atoms with Crippen LogP contribution < -0.4 is 15.4 Å². The van der Waals surface area contributed by atoms with Gasteiger partial charge in [-0.1, -0.05) is 29.3 Å². The molecule has 0 fully saturated rings. The number of halogens is 2. The maximum absolute atomic E-state index is 12.6. The molecule has 0 aliphatic heterocycles. The van der Waals surface area contributed by atoms with Crippen molar-refractivity contribution in [2.75, 3.05) is 15.4 Å². The first-order valence-corrected chi connectivity index (χ1v) is 10.7. The van der Waals surface area contributed by atoms with Gasteiger partial charge in [0.25, 0.3) is 10.0 Å². The predicted molar refractivity (Wildman–Crippen MR) is 118 cm³/mol. The first kappa shape index (κ1) is 21.0. The van der Waals surface area contributed by atoms with E-state index in [-0.39, 0.29) is 4.90 Å². The van der Waals surface area contributed by atoms with Crippen molar-refractivity contribution in [2.45, 2.75) is 11.8 Å². The average Bonchev–Trinajstić information content (AvgIpc) is 2.64. The van der Waals surface area contributed by atoms with E-state index in [1.54, 1.807) is 49.4 Å². The molecular weight excluding hydrogens is 433 g/mol. The number of nitrogens with one attached hydrogen (secondary N) is 3. The first-order chi connectivity index (χ1) is 13.7. The molecule has 6 nitrogen and oxygen atoms in total. The maximum atomic E-state index is 12.6. The topological polar surface area (TPSA) is 87.3 Å². The number of rotatable bonds is 5. The Morgan fingerprint density at radius 2 is 1.48 bits per heavy atom. The lowest BCUT2D eigenvalue weighted by atomic mass is 10.2. The van der Waals surface area contributed by atoms with Crippen LogP contribution in [0.2, 0.25) is 10.0 Å². The zero-order chi connectivity index (χ0) is 21.0. The Hall–Kier alpha value is -2.74. The molecule has 0 heterocycles. The molecule has 0 aliphatic rings. The van der Waals surface area contributed by atoms with Gasteiger partial charge in [0.2, 0.25) is 0 Å². The second-order valence-corrected chi connectivity index (χ2v) is 8.73. The third kappa shape index (κ3) is 5.63. The van der Waals surface area contributed by atoms with Crippen molar-refractivity contribution >= 4 is 56.3 Å². The number of anilines is 3. The molecule has 3 rings (SSSR count). The van der Waals surface area contributed by atoms with E-state index in [2.05, 4.69) is 15.4 Å². The second kappa shape index (κ2) is 8.73. The number of sulfonamides is 1. The monoisotopic (exact) mass is 449 g/mol. The summed E-state index contributed by atoms with van der Waals surface area (Å²) in [5, 5.41) is 6.30. The van der Waals surface area contributed by atoms with Crippen LogP contribution in [0.4, 0.5) is 21.9 Å². The third-order valence-electron chi connectivity index (χ3n) is 3.94. The standard InChI is InChI=1S/C20H17Cl2N3O3S/c1-13-11-15(22)5-10-19(13)25-29(27,28)18-8-6-16(7-9-18)23-20(26)24-17-4-2-3-14(21)12-17/h2-12,25H,1H3,(H2,23,24,26). The molecule has 0 unspecified atom stereocenters. The van der Waals surface area contributed by atoms with Crippen molar-refractivity contribution < 1.29 is 13.2 Å². The number of hydrogen-bond donors (Lipinski definition) is 3. The Labute approximate surface area is 178 Å². The molecular formula is C20H17Cl2N3O3S. The SMILES string of the molecule is Cc1cc(Cl)ccc1NS(=O)(=O)c1ccc(NC(=O)Nc2cccc(Cl)c2)cc1. The molecule has 0 saturated heterocycles. The van der Waals surface area contributed by atoms with Crippen molar-refractivity contribution in [1.29, 1.82) is 0 Å². The van der Waals surface area contributed by atoms with E-state index in [0.29, 0.717) is 32.7 Å². The highest BCUT2D eigenvalue weighted by molar-refractivity contribution is 7.92. The van der Waals surface area contributed by atoms with Gasteiger partial charge in [-0.25, -0.2) is 13.2 Å². The molecule has 2 amide bonds. The lowest BCUT2D eigenvalue weighted by Crippen LogP contribution is -2.19. The minimum absolute atomic E-state index is 0.0626. The molecule has 0 atom stereocenters. The molecule has 0 aromatic heterocycles. The fourth-order valence-electron chi connectivity index (χ4n) is 2.52. The van der Waals surface area contributed by atoms with Crippen molar-refractivity contribution in [3.63, 3.8) is 0 Å². The predicted octanol–water partition coefficient (Wildman–Crippen LogP) is 5.75. The fourth-order valence-corrected chi connectivity index (χ4v) is 4.07. The van der Waals surface area contributed by atoms with Crippen LogP contribution in [0.5, 0.6) is 0 Å². The molecule has 0 bridgehead atoms. The molecule has 0 radical (unpaired) electrons. The zero-order valence-corrected chi connectivity index (χ0v) is 17.6. The Balaban J connectivity index is 1.68. The van der Waals surface area contributed by atoms with Gasteiger partial charge in [-0.2, -0.15) is 0 Å². The van der Waals surface area contributed by atoms with E-state index in [1.807, 2.05) is 0 Å². The van der Waals surface area contributed by atoms with Crippen molar-refractivity contribution in [3.05, 3.63) is 82.3 Å². The highest BCUT2D eigenvalue weighted by Crippen LogP contribution is 2.23. The normalized spacial score (nSPS) is 11.0. The number of benzene rings is 3. The lowest BCUT2D eigenvalue weighted by molar-refractivity contribution is 0.262. The average molecular weight is 450 g/mol. The number of carbonyl (C=O) groups excluding carboxylic acids is 1. The molecule has 3 aromatic rings. The van der Waals surface area contributed by atoms with Crippen molar-refractivity contribution in [2.24, 2.45) is 0 Å². The van der Waals surface area contributed by atoms with Crippen molar-refractivity contribution in [1.82, 2.24) is 0 Å². The van der Waals surface area contributed by atoms with E-state index in [9.17, 15) is 13.2 Å². The van der Waals surface area contributed by atoms with Gasteiger partial charge in [0.15, 0.2) is 0 Å². The minimum atomic E-state index is -3.78. The lowest BCUT2D eigenvalue weighted by Gasteiger charge is -2.12. The summed E-state index contributed by atoms with van der Waals surface area (Å²) < 4.78 is 27.7. The van der Waals surface area contributed by atoms with Gasteiger partial charge in [0.1, 0.15) is 0 Å². The Morgan fingerprint density at radius 1 is 0.828 bits per heavy atom. The second-order valence-electron chi connectivity index (χ2n) is 6.18. The summed E-state index contributed by atoms with van der Waals surface area (Å²) >= 11 is 11.8. The number of carbonyl (C=O) groups is 1. The van der Waals surface area contributed by atoms with Gasteiger partial charge < -0.3 is 10.6 Å². The summed E-state index contributed by atoms with van der Waals surface area (Å²) in [5.74, 6) is 0. The van der Waals surface area contributed by atoms with Crippen molar-refractivity contribution in [3.8, 4) is 0 Å².